The predicted molar refractivity (Wildman–Crippen MR) is 59.1 cm³/mol. The lowest BCUT2D eigenvalue weighted by Crippen LogP contribution is -2.39. The van der Waals surface area contributed by atoms with Crippen LogP contribution in [0.2, 0.25) is 0 Å². The second-order valence-corrected chi connectivity index (χ2v) is 4.66. The molecule has 0 radical (unpaired) electrons. The first kappa shape index (κ1) is 13.1. The number of hydrogen-bond donors (Lipinski definition) is 3. The topological polar surface area (TPSA) is 96.1 Å². The van der Waals surface area contributed by atoms with Crippen molar-refractivity contribution < 1.29 is 13.2 Å². The van der Waals surface area contributed by atoms with Crippen LogP contribution in [-0.2, 0) is 21.4 Å². The molecule has 92 valence electrons. The van der Waals surface area contributed by atoms with Gasteiger partial charge in [-0.1, -0.05) is 0 Å². The van der Waals surface area contributed by atoms with E-state index in [2.05, 4.69) is 19.4 Å². The van der Waals surface area contributed by atoms with Crippen molar-refractivity contribution in [3.05, 3.63) is 18.2 Å². The van der Waals surface area contributed by atoms with Crippen LogP contribution in [0.5, 0.6) is 0 Å². The Morgan fingerprint density at radius 1 is 1.44 bits per heavy atom. The maximum atomic E-state index is 11.3. The molecule has 0 bridgehead atoms. The molecule has 0 aliphatic carbocycles. The third kappa shape index (κ3) is 5.21. The van der Waals surface area contributed by atoms with Gasteiger partial charge in [0.1, 0.15) is 5.82 Å². The summed E-state index contributed by atoms with van der Waals surface area (Å²) in [6.45, 7) is 0.904. The molecule has 3 N–H and O–H groups in total. The molecular formula is C8H16N4O3S. The summed E-state index contributed by atoms with van der Waals surface area (Å²) >= 11 is 0. The third-order valence-corrected chi connectivity index (χ3v) is 2.98. The van der Waals surface area contributed by atoms with E-state index in [9.17, 15) is 8.42 Å². The molecule has 16 heavy (non-hydrogen) atoms. The molecule has 7 nitrogen and oxygen atoms in total. The highest BCUT2D eigenvalue weighted by Gasteiger charge is 2.07. The van der Waals surface area contributed by atoms with Crippen molar-refractivity contribution in [3.63, 3.8) is 0 Å². The Labute approximate surface area is 94.8 Å². The summed E-state index contributed by atoms with van der Waals surface area (Å²) in [4.78, 5) is 6.87. The number of nitrogens with one attached hydrogen (secondary N) is 3. The van der Waals surface area contributed by atoms with Gasteiger partial charge in [0.15, 0.2) is 0 Å². The fraction of sp³-hybridized carbons (Fsp3) is 0.625. The van der Waals surface area contributed by atoms with Crippen molar-refractivity contribution in [2.45, 2.75) is 6.42 Å². The average Bonchev–Trinajstić information content (AvgIpc) is 2.70. The molecule has 0 unspecified atom stereocenters. The van der Waals surface area contributed by atoms with E-state index < -0.39 is 10.2 Å². The molecular weight excluding hydrogens is 232 g/mol. The van der Waals surface area contributed by atoms with Crippen LogP contribution >= 0.6 is 0 Å². The number of hydrogen-bond acceptors (Lipinski definition) is 4. The Morgan fingerprint density at radius 3 is 2.81 bits per heavy atom. The Hall–Kier alpha value is -0.960. The lowest BCUT2D eigenvalue weighted by Gasteiger charge is -2.06. The quantitative estimate of drug-likeness (QED) is 0.515. The molecule has 0 aromatic carbocycles. The number of H-pyrrole nitrogens is 1. The molecule has 0 aliphatic heterocycles. The first-order chi connectivity index (χ1) is 7.64. The minimum absolute atomic E-state index is 0.257. The van der Waals surface area contributed by atoms with Crippen LogP contribution in [-0.4, -0.2) is 45.2 Å². The molecule has 0 fully saturated rings. The highest BCUT2D eigenvalue weighted by atomic mass is 32.2. The maximum absolute atomic E-state index is 11.3. The van der Waals surface area contributed by atoms with E-state index in [1.54, 1.807) is 12.4 Å². The summed E-state index contributed by atoms with van der Waals surface area (Å²) in [6, 6.07) is 0. The van der Waals surface area contributed by atoms with Gasteiger partial charge < -0.3 is 9.72 Å². The molecule has 0 saturated carbocycles. The molecule has 1 aromatic heterocycles. The van der Waals surface area contributed by atoms with Gasteiger partial charge in [0, 0.05) is 39.0 Å². The normalized spacial score (nSPS) is 11.8. The van der Waals surface area contributed by atoms with Crippen LogP contribution in [0.15, 0.2) is 12.4 Å². The predicted octanol–water partition coefficient (Wildman–Crippen LogP) is -0.977. The standard InChI is InChI=1S/C8H16N4O3S/c1-15-7-6-12-16(13,14)11-3-2-8-9-4-5-10-8/h4-5,11-12H,2-3,6-7H2,1H3,(H,9,10). The monoisotopic (exact) mass is 248 g/mol. The fourth-order valence-corrected chi connectivity index (χ4v) is 1.89. The second-order valence-electron chi connectivity index (χ2n) is 3.07. The van der Waals surface area contributed by atoms with Crippen molar-refractivity contribution in [2.24, 2.45) is 0 Å². The summed E-state index contributed by atoms with van der Waals surface area (Å²) < 4.78 is 32.1. The Balaban J connectivity index is 2.20. The van der Waals surface area contributed by atoms with E-state index in [0.29, 0.717) is 19.6 Å². The van der Waals surface area contributed by atoms with Crippen LogP contribution in [0.25, 0.3) is 0 Å². The molecule has 1 aromatic rings. The minimum atomic E-state index is -3.43. The summed E-state index contributed by atoms with van der Waals surface area (Å²) in [6.07, 6.45) is 3.85. The summed E-state index contributed by atoms with van der Waals surface area (Å²) in [5.74, 6) is 0.750. The molecule has 0 atom stereocenters. The van der Waals surface area contributed by atoms with Crippen LogP contribution in [0.3, 0.4) is 0 Å². The number of imidazole rings is 1. The van der Waals surface area contributed by atoms with Gasteiger partial charge in [0.25, 0.3) is 10.2 Å². The molecule has 8 heteroatoms. The molecule has 0 spiro atoms. The number of methoxy groups -OCH3 is 1. The summed E-state index contributed by atoms with van der Waals surface area (Å²) in [5, 5.41) is 0. The maximum Gasteiger partial charge on any atom is 0.276 e. The Kier molecular flexibility index (Phi) is 5.39. The highest BCUT2D eigenvalue weighted by molar-refractivity contribution is 7.87. The van der Waals surface area contributed by atoms with Crippen LogP contribution < -0.4 is 9.44 Å². The highest BCUT2D eigenvalue weighted by Crippen LogP contribution is 1.88. The lowest BCUT2D eigenvalue weighted by molar-refractivity contribution is 0.204. The lowest BCUT2D eigenvalue weighted by atomic mass is 10.4. The van der Waals surface area contributed by atoms with E-state index in [-0.39, 0.29) is 6.54 Å². The van der Waals surface area contributed by atoms with Crippen molar-refractivity contribution in [1.29, 1.82) is 0 Å². The first-order valence-corrected chi connectivity index (χ1v) is 6.34. The zero-order valence-electron chi connectivity index (χ0n) is 9.06. The number of ether oxygens (including phenoxy) is 1. The van der Waals surface area contributed by atoms with Crippen molar-refractivity contribution in [3.8, 4) is 0 Å². The van der Waals surface area contributed by atoms with Gasteiger partial charge in [-0.25, -0.2) is 9.71 Å². The van der Waals surface area contributed by atoms with Crippen LogP contribution in [0.4, 0.5) is 0 Å². The fourth-order valence-electron chi connectivity index (χ4n) is 1.07. The van der Waals surface area contributed by atoms with Gasteiger partial charge in [-0.3, -0.25) is 0 Å². The van der Waals surface area contributed by atoms with Gasteiger partial charge in [0.2, 0.25) is 0 Å². The smallest absolute Gasteiger partial charge is 0.276 e. The third-order valence-electron chi connectivity index (χ3n) is 1.81. The van der Waals surface area contributed by atoms with Gasteiger partial charge in [-0.05, 0) is 0 Å². The number of rotatable bonds is 8. The largest absolute Gasteiger partial charge is 0.383 e. The zero-order valence-corrected chi connectivity index (χ0v) is 9.88. The average molecular weight is 248 g/mol. The van der Waals surface area contributed by atoms with E-state index in [0.717, 1.165) is 5.82 Å². The first-order valence-electron chi connectivity index (χ1n) is 4.85. The van der Waals surface area contributed by atoms with Crippen molar-refractivity contribution in [2.75, 3.05) is 26.8 Å². The Morgan fingerprint density at radius 2 is 2.19 bits per heavy atom. The summed E-state index contributed by atoms with van der Waals surface area (Å²) in [7, 11) is -1.92. The zero-order chi connectivity index (χ0) is 11.9. The minimum Gasteiger partial charge on any atom is -0.383 e. The second kappa shape index (κ2) is 6.59. The van der Waals surface area contributed by atoms with E-state index in [4.69, 9.17) is 4.74 Å². The van der Waals surface area contributed by atoms with Gasteiger partial charge in [-0.15, -0.1) is 0 Å². The molecule has 0 aliphatic rings. The van der Waals surface area contributed by atoms with Gasteiger partial charge >= 0.3 is 0 Å². The van der Waals surface area contributed by atoms with E-state index in [1.807, 2.05) is 0 Å². The molecule has 0 saturated heterocycles. The SMILES string of the molecule is COCCNS(=O)(=O)NCCc1ncc[nH]1. The van der Waals surface area contributed by atoms with Gasteiger partial charge in [0.05, 0.1) is 6.61 Å². The van der Waals surface area contributed by atoms with Crippen molar-refractivity contribution >= 4 is 10.2 Å². The van der Waals surface area contributed by atoms with Crippen molar-refractivity contribution in [1.82, 2.24) is 19.4 Å². The Bertz CT molecular complexity index is 376. The molecule has 1 rings (SSSR count). The van der Waals surface area contributed by atoms with Crippen LogP contribution in [0, 0.1) is 0 Å². The number of aromatic amines is 1. The summed E-state index contributed by atoms with van der Waals surface area (Å²) in [5.41, 5.74) is 0. The molecule has 1 heterocycles. The van der Waals surface area contributed by atoms with Crippen LogP contribution in [0.1, 0.15) is 5.82 Å². The molecule has 0 amide bonds. The number of aromatic nitrogens is 2. The van der Waals surface area contributed by atoms with E-state index in [1.165, 1.54) is 7.11 Å². The van der Waals surface area contributed by atoms with Gasteiger partial charge in [-0.2, -0.15) is 13.1 Å². The van der Waals surface area contributed by atoms with E-state index >= 15 is 0 Å². The number of nitrogens with zero attached hydrogens (tertiary/aromatic N) is 1.